The molecule has 1 aliphatic rings. The molecule has 2 aromatic carbocycles. The summed E-state index contributed by atoms with van der Waals surface area (Å²) in [5, 5.41) is 16.5. The summed E-state index contributed by atoms with van der Waals surface area (Å²) in [6.07, 6.45) is -0.493. The number of nitrogens with one attached hydrogen (secondary N) is 2. The minimum atomic E-state index is -0.813. The predicted octanol–water partition coefficient (Wildman–Crippen LogP) is 2.64. The Kier molecular flexibility index (Phi) is 5.96. The van der Waals surface area contributed by atoms with E-state index in [4.69, 9.17) is 13.9 Å². The third-order valence-corrected chi connectivity index (χ3v) is 5.61. The van der Waals surface area contributed by atoms with Gasteiger partial charge >= 0.3 is 0 Å². The highest BCUT2D eigenvalue weighted by molar-refractivity contribution is 5.99. The molecule has 0 saturated carbocycles. The zero-order chi connectivity index (χ0) is 24.8. The van der Waals surface area contributed by atoms with Crippen LogP contribution in [0.5, 0.6) is 5.75 Å². The largest absolute Gasteiger partial charge is 0.505 e. The van der Waals surface area contributed by atoms with Gasteiger partial charge in [-0.3, -0.25) is 14.4 Å². The lowest BCUT2D eigenvalue weighted by Gasteiger charge is -2.26. The molecule has 1 fully saturated rings. The van der Waals surface area contributed by atoms with Crippen molar-refractivity contribution in [1.82, 2.24) is 4.90 Å². The van der Waals surface area contributed by atoms with E-state index in [0.29, 0.717) is 11.5 Å². The van der Waals surface area contributed by atoms with Crippen molar-refractivity contribution in [2.45, 2.75) is 38.7 Å². The molecular formula is C24H27N3O7. The van der Waals surface area contributed by atoms with Gasteiger partial charge in [-0.25, -0.2) is 0 Å². The first-order chi connectivity index (χ1) is 16.0. The van der Waals surface area contributed by atoms with Crippen LogP contribution in [0.3, 0.4) is 0 Å². The van der Waals surface area contributed by atoms with Crippen LogP contribution in [-0.4, -0.2) is 48.5 Å². The number of benzene rings is 1. The Morgan fingerprint density at radius 2 is 1.85 bits per heavy atom. The fraction of sp³-hybridized carbons (Fsp3) is 0.375. The maximum absolute atomic E-state index is 12.5. The minimum absolute atomic E-state index is 0.0267. The highest BCUT2D eigenvalue weighted by atomic mass is 16.7. The van der Waals surface area contributed by atoms with Gasteiger partial charge in [-0.15, -0.1) is 0 Å². The van der Waals surface area contributed by atoms with Crippen molar-refractivity contribution in [3.05, 3.63) is 67.9 Å². The highest BCUT2D eigenvalue weighted by Crippen LogP contribution is 2.36. The van der Waals surface area contributed by atoms with E-state index in [0.717, 1.165) is 0 Å². The van der Waals surface area contributed by atoms with Gasteiger partial charge in [0.1, 0.15) is 35.0 Å². The Labute approximate surface area is 195 Å². The smallest absolute Gasteiger partial charge is 0.257 e. The third kappa shape index (κ3) is 4.29. The van der Waals surface area contributed by atoms with Gasteiger partial charge in [0.2, 0.25) is 0 Å². The Balaban J connectivity index is 1.65. The molecule has 1 aromatic heterocycles. The molecule has 4 rings (SSSR count). The van der Waals surface area contributed by atoms with Crippen molar-refractivity contribution in [3.8, 4) is 5.75 Å². The molecular weight excluding hydrogens is 442 g/mol. The van der Waals surface area contributed by atoms with Crippen molar-refractivity contribution < 1.29 is 23.8 Å². The minimum Gasteiger partial charge on any atom is -0.505 e. The number of hydrogen-bond donors (Lipinski definition) is 3. The fourth-order valence-corrected chi connectivity index (χ4v) is 3.84. The highest BCUT2D eigenvalue weighted by Gasteiger charge is 2.40. The van der Waals surface area contributed by atoms with Gasteiger partial charge in [-0.2, -0.15) is 0 Å². The molecule has 2 atom stereocenters. The predicted molar refractivity (Wildman–Crippen MR) is 125 cm³/mol. The van der Waals surface area contributed by atoms with Gasteiger partial charge in [0.15, 0.2) is 11.5 Å². The lowest BCUT2D eigenvalue weighted by Crippen LogP contribution is -2.40. The van der Waals surface area contributed by atoms with Gasteiger partial charge in [0, 0.05) is 14.1 Å². The van der Waals surface area contributed by atoms with Gasteiger partial charge < -0.3 is 34.5 Å². The number of phenols is 1. The summed E-state index contributed by atoms with van der Waals surface area (Å²) in [6, 6.07) is 7.48. The van der Waals surface area contributed by atoms with Crippen molar-refractivity contribution >= 4 is 23.0 Å². The first kappa shape index (κ1) is 23.5. The monoisotopic (exact) mass is 469 g/mol. The van der Waals surface area contributed by atoms with E-state index in [1.165, 1.54) is 17.0 Å². The van der Waals surface area contributed by atoms with E-state index in [1.54, 1.807) is 53.1 Å². The van der Waals surface area contributed by atoms with Crippen LogP contribution in [0.4, 0.5) is 17.1 Å². The van der Waals surface area contributed by atoms with E-state index < -0.39 is 34.7 Å². The number of para-hydroxylation sites is 1. The molecule has 10 heteroatoms. The van der Waals surface area contributed by atoms with Gasteiger partial charge in [-0.1, -0.05) is 6.07 Å². The Bertz CT molecular complexity index is 1300. The number of aryl methyl sites for hydroxylation is 1. The van der Waals surface area contributed by atoms with E-state index in [-0.39, 0.29) is 35.0 Å². The van der Waals surface area contributed by atoms with E-state index >= 15 is 0 Å². The number of amides is 1. The molecule has 34 heavy (non-hydrogen) atoms. The first-order valence-electron chi connectivity index (χ1n) is 10.8. The average molecular weight is 469 g/mol. The second-order valence-electron chi connectivity index (χ2n) is 8.87. The van der Waals surface area contributed by atoms with Crippen LogP contribution in [0, 0.1) is 6.92 Å². The van der Waals surface area contributed by atoms with E-state index in [2.05, 4.69) is 10.6 Å². The summed E-state index contributed by atoms with van der Waals surface area (Å²) in [6.45, 7) is 5.61. The topological polar surface area (TPSA) is 130 Å². The van der Waals surface area contributed by atoms with E-state index in [9.17, 15) is 19.5 Å². The molecule has 10 nitrogen and oxygen atoms in total. The summed E-state index contributed by atoms with van der Waals surface area (Å²) >= 11 is 0. The quantitative estimate of drug-likeness (QED) is 0.353. The number of phenolic OH excluding ortho intramolecular Hbond substituents is 1. The number of carbonyl (C=O) groups is 1. The van der Waals surface area contributed by atoms with Crippen molar-refractivity contribution in [1.29, 1.82) is 0 Å². The molecule has 2 heterocycles. The normalized spacial score (nSPS) is 18.1. The molecule has 1 aliphatic heterocycles. The number of furan rings is 1. The van der Waals surface area contributed by atoms with Crippen LogP contribution in [-0.2, 0) is 9.47 Å². The summed E-state index contributed by atoms with van der Waals surface area (Å²) in [4.78, 5) is 38.6. The lowest BCUT2D eigenvalue weighted by molar-refractivity contribution is -0.140. The fourth-order valence-electron chi connectivity index (χ4n) is 3.84. The van der Waals surface area contributed by atoms with Gasteiger partial charge in [-0.05, 0) is 45.0 Å². The maximum Gasteiger partial charge on any atom is 0.257 e. The van der Waals surface area contributed by atoms with Crippen LogP contribution < -0.4 is 21.5 Å². The summed E-state index contributed by atoms with van der Waals surface area (Å²) < 4.78 is 17.4. The SMILES string of the molecule is Cc1ccc(C(Nc2c(Nc3cccc(C(=O)N(C)C)c3O)c(=O)c2=O)C2COC(C)(C)O2)o1. The zero-order valence-electron chi connectivity index (χ0n) is 19.6. The number of anilines is 3. The Hall–Kier alpha value is -3.63. The van der Waals surface area contributed by atoms with E-state index in [1.807, 2.05) is 0 Å². The van der Waals surface area contributed by atoms with Crippen LogP contribution in [0.15, 0.2) is 44.3 Å². The number of rotatable bonds is 7. The zero-order valence-corrected chi connectivity index (χ0v) is 19.6. The number of ether oxygens (including phenoxy) is 2. The molecule has 3 aromatic rings. The second-order valence-corrected chi connectivity index (χ2v) is 8.87. The second kappa shape index (κ2) is 8.62. The van der Waals surface area contributed by atoms with Crippen molar-refractivity contribution in [2.75, 3.05) is 31.3 Å². The molecule has 0 spiro atoms. The Morgan fingerprint density at radius 1 is 1.15 bits per heavy atom. The van der Waals surface area contributed by atoms with Crippen molar-refractivity contribution in [3.63, 3.8) is 0 Å². The molecule has 0 bridgehead atoms. The Morgan fingerprint density at radius 3 is 2.44 bits per heavy atom. The number of aromatic hydroxyl groups is 1. The number of nitrogens with zero attached hydrogens (tertiary/aromatic N) is 1. The third-order valence-electron chi connectivity index (χ3n) is 5.61. The van der Waals surface area contributed by atoms with Crippen molar-refractivity contribution in [2.24, 2.45) is 0 Å². The summed E-state index contributed by atoms with van der Waals surface area (Å²) in [5.74, 6) is -0.349. The summed E-state index contributed by atoms with van der Waals surface area (Å²) in [5.41, 5.74) is -1.28. The van der Waals surface area contributed by atoms with Crippen LogP contribution in [0.25, 0.3) is 0 Å². The van der Waals surface area contributed by atoms with Crippen LogP contribution in [0.1, 0.15) is 41.8 Å². The van der Waals surface area contributed by atoms with Crippen LogP contribution in [0.2, 0.25) is 0 Å². The maximum atomic E-state index is 12.5. The molecule has 2 unspecified atom stereocenters. The molecule has 180 valence electrons. The molecule has 1 saturated heterocycles. The molecule has 0 radical (unpaired) electrons. The molecule has 1 amide bonds. The van der Waals surface area contributed by atoms with Crippen LogP contribution >= 0.6 is 0 Å². The lowest BCUT2D eigenvalue weighted by atomic mass is 10.1. The molecule has 0 aliphatic carbocycles. The van der Waals surface area contributed by atoms with Gasteiger partial charge in [0.25, 0.3) is 16.8 Å². The number of carbonyl (C=O) groups excluding carboxylic acids is 1. The molecule has 3 N–H and O–H groups in total. The van der Waals surface area contributed by atoms with Gasteiger partial charge in [0.05, 0.1) is 17.9 Å². The summed E-state index contributed by atoms with van der Waals surface area (Å²) in [7, 11) is 3.13. The number of hydrogen-bond acceptors (Lipinski definition) is 9. The first-order valence-corrected chi connectivity index (χ1v) is 10.8. The standard InChI is InChI=1S/C24H27N3O7/c1-12-9-10-15(33-12)17(16-11-32-24(2,3)34-16)26-19-18(21(29)22(19)30)25-14-8-6-7-13(20(14)28)23(31)27(4)5/h6-10,16-17,25-26,28H,11H2,1-5H3. The average Bonchev–Trinajstić information content (AvgIpc) is 3.38.